The number of rotatable bonds is 6. The Labute approximate surface area is 347 Å². The van der Waals surface area contributed by atoms with Crippen molar-refractivity contribution in [1.82, 2.24) is 29.3 Å². The van der Waals surface area contributed by atoms with Crippen LogP contribution in [0.15, 0.2) is 113 Å². The minimum atomic E-state index is -0.547. The van der Waals surface area contributed by atoms with Crippen LogP contribution in [0.4, 0.5) is 5.69 Å². The lowest BCUT2D eigenvalue weighted by atomic mass is 9.92. The summed E-state index contributed by atoms with van der Waals surface area (Å²) in [5.74, 6) is -0.0724. The van der Waals surface area contributed by atoms with Crippen LogP contribution in [0.5, 0.6) is 0 Å². The van der Waals surface area contributed by atoms with Crippen LogP contribution in [0, 0.1) is 0 Å². The molecule has 0 radical (unpaired) electrons. The Morgan fingerprint density at radius 3 is 2.05 bits per heavy atom. The van der Waals surface area contributed by atoms with Gasteiger partial charge in [-0.05, 0) is 145 Å². The summed E-state index contributed by atoms with van der Waals surface area (Å²) in [5, 5.41) is 4.78. The lowest BCUT2D eigenvalue weighted by Crippen LogP contribution is -2.59. The lowest BCUT2D eigenvalue weighted by Gasteiger charge is -2.47. The molecule has 1 fully saturated rings. The number of piperazine rings is 1. The molecular formula is C43H37Br2Cl2N7O. The number of pyridine rings is 2. The molecule has 8 nitrogen and oxygen atoms in total. The van der Waals surface area contributed by atoms with E-state index in [0.29, 0.717) is 31.2 Å². The number of carbonyl (C=O) groups excluding carboxylic acids is 1. The second-order valence-corrected chi connectivity index (χ2v) is 17.3. The SMILES string of the molecule is O=C(Nc1cccc(Cn2ccnc2)c1)[C@@H]1CN(C2c3ccc(Cl)cc3CCc3cc(Br)cnc32)CCN1C1c2ccc(Cl)cc2CCc2cc(Br)cnc21. The van der Waals surface area contributed by atoms with E-state index >= 15 is 4.79 Å². The van der Waals surface area contributed by atoms with Gasteiger partial charge in [0, 0.05) is 75.6 Å². The molecule has 12 heteroatoms. The number of imidazole rings is 1. The van der Waals surface area contributed by atoms with E-state index in [1.54, 1.807) is 12.5 Å². The van der Waals surface area contributed by atoms with Crippen molar-refractivity contribution in [3.05, 3.63) is 173 Å². The molecule has 6 aromatic rings. The van der Waals surface area contributed by atoms with Gasteiger partial charge in [0.1, 0.15) is 6.04 Å². The van der Waals surface area contributed by atoms with Crippen molar-refractivity contribution in [3.63, 3.8) is 0 Å². The smallest absolute Gasteiger partial charge is 0.243 e. The number of nitrogens with one attached hydrogen (secondary N) is 1. The Bertz CT molecular complexity index is 2300. The number of nitrogens with zero attached hydrogens (tertiary/aromatic N) is 6. The molecule has 1 N–H and O–H groups in total. The van der Waals surface area contributed by atoms with Crippen molar-refractivity contribution in [2.45, 2.75) is 50.4 Å². The standard InChI is InChI=1S/C43H37Br2Cl2N7O/c44-31-17-29-6-4-27-19-33(46)8-10-36(27)41(39(29)49-21-31)53-14-15-54(38(24-53)43(55)51-35-3-1-2-26(16-35)23-52-13-12-48-25-52)42-37-11-9-34(47)20-28(37)5-7-30-18-32(45)22-50-40(30)42/h1-3,8-13,16-22,25,38,41-42H,4-7,14-15,23-24H2,(H,51,55)/t38-,41?,42?/m0/s1. The molecule has 3 aromatic heterocycles. The maximum atomic E-state index is 15.1. The molecule has 278 valence electrons. The van der Waals surface area contributed by atoms with E-state index in [4.69, 9.17) is 33.2 Å². The molecule has 3 atom stereocenters. The lowest BCUT2D eigenvalue weighted by molar-refractivity contribution is -0.125. The summed E-state index contributed by atoms with van der Waals surface area (Å²) >= 11 is 20.6. The second kappa shape index (κ2) is 15.6. The number of aryl methyl sites for hydroxylation is 4. The van der Waals surface area contributed by atoms with Gasteiger partial charge < -0.3 is 9.88 Å². The number of hydrogen-bond acceptors (Lipinski definition) is 6. The third kappa shape index (κ3) is 7.53. The predicted molar refractivity (Wildman–Crippen MR) is 224 cm³/mol. The fraction of sp³-hybridized carbons (Fsp3) is 0.256. The minimum absolute atomic E-state index is 0.0724. The number of carbonyl (C=O) groups is 1. The summed E-state index contributed by atoms with van der Waals surface area (Å²) in [6.45, 7) is 2.45. The predicted octanol–water partition coefficient (Wildman–Crippen LogP) is 9.25. The van der Waals surface area contributed by atoms with Gasteiger partial charge in [0.05, 0.1) is 29.8 Å². The first-order valence-corrected chi connectivity index (χ1v) is 20.8. The van der Waals surface area contributed by atoms with Gasteiger partial charge in [-0.3, -0.25) is 24.6 Å². The van der Waals surface area contributed by atoms with Gasteiger partial charge in [0.25, 0.3) is 0 Å². The third-order valence-corrected chi connectivity index (χ3v) is 12.5. The monoisotopic (exact) mass is 895 g/mol. The molecule has 4 heterocycles. The van der Waals surface area contributed by atoms with Gasteiger partial charge >= 0.3 is 0 Å². The summed E-state index contributed by atoms with van der Waals surface area (Å²) in [4.78, 5) is 34.2. The quantitative estimate of drug-likeness (QED) is 0.180. The van der Waals surface area contributed by atoms with Crippen molar-refractivity contribution in [1.29, 1.82) is 0 Å². The van der Waals surface area contributed by atoms with Crippen LogP contribution in [-0.4, -0.2) is 60.9 Å². The molecule has 1 aliphatic heterocycles. The molecule has 0 saturated carbocycles. The topological polar surface area (TPSA) is 79.2 Å². The largest absolute Gasteiger partial charge is 0.333 e. The fourth-order valence-electron chi connectivity index (χ4n) is 8.69. The Kier molecular flexibility index (Phi) is 10.4. The van der Waals surface area contributed by atoms with Gasteiger partial charge in [0.2, 0.25) is 5.91 Å². The van der Waals surface area contributed by atoms with E-state index in [2.05, 4.69) is 94.4 Å². The zero-order valence-electron chi connectivity index (χ0n) is 29.8. The number of halogens is 4. The highest BCUT2D eigenvalue weighted by atomic mass is 79.9. The molecule has 9 rings (SSSR count). The van der Waals surface area contributed by atoms with Gasteiger partial charge in [0.15, 0.2) is 0 Å². The Morgan fingerprint density at radius 2 is 1.40 bits per heavy atom. The minimum Gasteiger partial charge on any atom is -0.333 e. The van der Waals surface area contributed by atoms with Crippen LogP contribution in [0.3, 0.4) is 0 Å². The van der Waals surface area contributed by atoms with E-state index in [1.807, 2.05) is 53.5 Å². The van der Waals surface area contributed by atoms with E-state index in [1.165, 1.54) is 27.8 Å². The summed E-state index contributed by atoms with van der Waals surface area (Å²) < 4.78 is 3.91. The highest BCUT2D eigenvalue weighted by Gasteiger charge is 2.43. The normalized spacial score (nSPS) is 19.7. The maximum absolute atomic E-state index is 15.1. The van der Waals surface area contributed by atoms with Crippen LogP contribution in [0.2, 0.25) is 10.0 Å². The molecule has 3 aliphatic rings. The molecular weight excluding hydrogens is 861 g/mol. The van der Waals surface area contributed by atoms with E-state index in [9.17, 15) is 0 Å². The average molecular weight is 899 g/mol. The van der Waals surface area contributed by atoms with E-state index in [-0.39, 0.29) is 18.0 Å². The first kappa shape index (κ1) is 36.7. The first-order valence-electron chi connectivity index (χ1n) is 18.5. The molecule has 0 spiro atoms. The van der Waals surface area contributed by atoms with E-state index < -0.39 is 6.04 Å². The maximum Gasteiger partial charge on any atom is 0.243 e. The summed E-state index contributed by atoms with van der Waals surface area (Å²) in [6, 6.07) is 23.9. The number of amides is 1. The Balaban J connectivity index is 1.14. The van der Waals surface area contributed by atoms with Gasteiger partial charge in [-0.15, -0.1) is 0 Å². The molecule has 1 amide bonds. The van der Waals surface area contributed by atoms with Crippen LogP contribution in [0.1, 0.15) is 62.4 Å². The highest BCUT2D eigenvalue weighted by Crippen LogP contribution is 2.43. The van der Waals surface area contributed by atoms with Gasteiger partial charge in [-0.1, -0.05) is 47.5 Å². The molecule has 3 aromatic carbocycles. The number of hydrogen-bond donors (Lipinski definition) is 1. The van der Waals surface area contributed by atoms with Crippen molar-refractivity contribution in [3.8, 4) is 0 Å². The summed E-state index contributed by atoms with van der Waals surface area (Å²) in [7, 11) is 0. The van der Waals surface area contributed by atoms with Crippen molar-refractivity contribution in [2.24, 2.45) is 0 Å². The molecule has 0 bridgehead atoms. The zero-order valence-corrected chi connectivity index (χ0v) is 34.5. The number of anilines is 1. The summed E-state index contributed by atoms with van der Waals surface area (Å²) in [5.41, 5.74) is 10.9. The molecule has 1 saturated heterocycles. The fourth-order valence-corrected chi connectivity index (χ4v) is 9.84. The van der Waals surface area contributed by atoms with E-state index in [0.717, 1.165) is 67.9 Å². The van der Waals surface area contributed by atoms with Crippen molar-refractivity contribution < 1.29 is 4.79 Å². The third-order valence-electron chi connectivity index (χ3n) is 11.2. The summed E-state index contributed by atoms with van der Waals surface area (Å²) in [6.07, 6.45) is 12.6. The molecule has 2 unspecified atom stereocenters. The second-order valence-electron chi connectivity index (χ2n) is 14.6. The number of fused-ring (bicyclic) bond motifs is 4. The van der Waals surface area contributed by atoms with Gasteiger partial charge in [-0.25, -0.2) is 4.98 Å². The first-order chi connectivity index (χ1) is 26.8. The van der Waals surface area contributed by atoms with Crippen molar-refractivity contribution in [2.75, 3.05) is 25.0 Å². The van der Waals surface area contributed by atoms with Crippen molar-refractivity contribution >= 4 is 66.7 Å². The highest BCUT2D eigenvalue weighted by molar-refractivity contribution is 9.10. The van der Waals surface area contributed by atoms with Crippen LogP contribution in [0.25, 0.3) is 0 Å². The molecule has 55 heavy (non-hydrogen) atoms. The molecule has 2 aliphatic carbocycles. The zero-order chi connectivity index (χ0) is 37.6. The number of benzene rings is 3. The van der Waals surface area contributed by atoms with Crippen LogP contribution in [-0.2, 0) is 37.0 Å². The van der Waals surface area contributed by atoms with Crippen LogP contribution >= 0.6 is 55.1 Å². The Hall–Kier alpha value is -3.90. The average Bonchev–Trinajstić information content (AvgIpc) is 3.57. The Morgan fingerprint density at radius 1 is 0.764 bits per heavy atom. The van der Waals surface area contributed by atoms with Gasteiger partial charge in [-0.2, -0.15) is 0 Å². The number of aromatic nitrogens is 4. The van der Waals surface area contributed by atoms with Crippen LogP contribution < -0.4 is 5.32 Å².